The summed E-state index contributed by atoms with van der Waals surface area (Å²) in [6, 6.07) is 5.47. The lowest BCUT2D eigenvalue weighted by atomic mass is 10.2. The molecule has 2 rings (SSSR count). The molecule has 0 fully saturated rings. The number of nitrogens with one attached hydrogen (secondary N) is 1. The van der Waals surface area contributed by atoms with Crippen molar-refractivity contribution >= 4 is 6.03 Å². The molecule has 1 N–H and O–H groups in total. The van der Waals surface area contributed by atoms with E-state index in [9.17, 15) is 9.18 Å². The van der Waals surface area contributed by atoms with E-state index in [1.165, 1.54) is 17.0 Å². The van der Waals surface area contributed by atoms with Crippen LogP contribution in [0.1, 0.15) is 5.89 Å². The van der Waals surface area contributed by atoms with E-state index in [-0.39, 0.29) is 30.2 Å². The SMILES string of the molecule is CN(C)C(=O)NCc1nnc(-c2ccc(F)cc2)o1. The number of rotatable bonds is 3. The van der Waals surface area contributed by atoms with Gasteiger partial charge in [0.15, 0.2) is 0 Å². The normalized spacial score (nSPS) is 10.3. The molecule has 1 heterocycles. The van der Waals surface area contributed by atoms with E-state index in [4.69, 9.17) is 4.42 Å². The predicted octanol–water partition coefficient (Wildman–Crippen LogP) is 1.65. The van der Waals surface area contributed by atoms with E-state index < -0.39 is 0 Å². The molecule has 0 atom stereocenters. The smallest absolute Gasteiger partial charge is 0.317 e. The van der Waals surface area contributed by atoms with Crippen molar-refractivity contribution in [3.05, 3.63) is 36.0 Å². The monoisotopic (exact) mass is 264 g/mol. The first-order valence-electron chi connectivity index (χ1n) is 5.60. The maximum Gasteiger partial charge on any atom is 0.317 e. The molecule has 0 saturated carbocycles. The van der Waals surface area contributed by atoms with E-state index in [1.54, 1.807) is 26.2 Å². The molecule has 7 heteroatoms. The van der Waals surface area contributed by atoms with Gasteiger partial charge >= 0.3 is 6.03 Å². The zero-order valence-electron chi connectivity index (χ0n) is 10.6. The number of carbonyl (C=O) groups is 1. The first-order chi connectivity index (χ1) is 9.06. The predicted molar refractivity (Wildman–Crippen MR) is 65.6 cm³/mol. The number of benzene rings is 1. The fraction of sp³-hybridized carbons (Fsp3) is 0.250. The van der Waals surface area contributed by atoms with Gasteiger partial charge < -0.3 is 14.6 Å². The van der Waals surface area contributed by atoms with Gasteiger partial charge in [0.25, 0.3) is 0 Å². The molecular weight excluding hydrogens is 251 g/mol. The van der Waals surface area contributed by atoms with Crippen molar-refractivity contribution in [2.75, 3.05) is 14.1 Å². The Hall–Kier alpha value is -2.44. The van der Waals surface area contributed by atoms with Crippen molar-refractivity contribution in [3.63, 3.8) is 0 Å². The second-order valence-electron chi connectivity index (χ2n) is 4.06. The molecule has 0 radical (unpaired) electrons. The first-order valence-corrected chi connectivity index (χ1v) is 5.60. The van der Waals surface area contributed by atoms with E-state index in [0.717, 1.165) is 0 Å². The van der Waals surface area contributed by atoms with Crippen LogP contribution in [0.15, 0.2) is 28.7 Å². The van der Waals surface area contributed by atoms with Crippen LogP contribution in [-0.4, -0.2) is 35.2 Å². The lowest BCUT2D eigenvalue weighted by Gasteiger charge is -2.09. The van der Waals surface area contributed by atoms with Crippen molar-refractivity contribution < 1.29 is 13.6 Å². The van der Waals surface area contributed by atoms with Gasteiger partial charge in [-0.25, -0.2) is 9.18 Å². The number of halogens is 1. The molecule has 100 valence electrons. The summed E-state index contributed by atoms with van der Waals surface area (Å²) >= 11 is 0. The van der Waals surface area contributed by atoms with Gasteiger partial charge in [0.05, 0.1) is 6.54 Å². The Labute approximate surface area is 109 Å². The number of amides is 2. The summed E-state index contributed by atoms with van der Waals surface area (Å²) < 4.78 is 18.1. The minimum atomic E-state index is -0.332. The Morgan fingerprint density at radius 1 is 1.32 bits per heavy atom. The standard InChI is InChI=1S/C12H13FN4O2/c1-17(2)12(18)14-7-10-15-16-11(19-10)8-3-5-9(13)6-4-8/h3-6H,7H2,1-2H3,(H,14,18). The number of carbonyl (C=O) groups excluding carboxylic acids is 1. The quantitative estimate of drug-likeness (QED) is 0.915. The van der Waals surface area contributed by atoms with Gasteiger partial charge in [-0.15, -0.1) is 10.2 Å². The van der Waals surface area contributed by atoms with Crippen molar-refractivity contribution in [1.82, 2.24) is 20.4 Å². The second-order valence-corrected chi connectivity index (χ2v) is 4.06. The molecule has 19 heavy (non-hydrogen) atoms. The fourth-order valence-corrected chi connectivity index (χ4v) is 1.34. The minimum Gasteiger partial charge on any atom is -0.419 e. The van der Waals surface area contributed by atoms with Crippen LogP contribution in [0.4, 0.5) is 9.18 Å². The molecule has 0 spiro atoms. The van der Waals surface area contributed by atoms with Gasteiger partial charge in [0.2, 0.25) is 11.8 Å². The van der Waals surface area contributed by atoms with Crippen LogP contribution >= 0.6 is 0 Å². The van der Waals surface area contributed by atoms with Crippen molar-refractivity contribution in [3.8, 4) is 11.5 Å². The minimum absolute atomic E-state index is 0.144. The van der Waals surface area contributed by atoms with Crippen molar-refractivity contribution in [2.24, 2.45) is 0 Å². The Bertz CT molecular complexity index is 565. The van der Waals surface area contributed by atoms with E-state index >= 15 is 0 Å². The Balaban J connectivity index is 2.03. The highest BCUT2D eigenvalue weighted by atomic mass is 19.1. The zero-order valence-corrected chi connectivity index (χ0v) is 10.6. The van der Waals surface area contributed by atoms with Gasteiger partial charge in [0.1, 0.15) is 5.82 Å². The molecule has 0 aliphatic heterocycles. The Morgan fingerprint density at radius 2 is 2.00 bits per heavy atom. The van der Waals surface area contributed by atoms with Crippen LogP contribution in [0.2, 0.25) is 0 Å². The molecule has 0 saturated heterocycles. The summed E-state index contributed by atoms with van der Waals surface area (Å²) in [5.41, 5.74) is 0.624. The summed E-state index contributed by atoms with van der Waals surface area (Å²) in [5.74, 6) is 0.241. The molecule has 0 unspecified atom stereocenters. The highest BCUT2D eigenvalue weighted by molar-refractivity contribution is 5.73. The molecule has 0 aliphatic carbocycles. The van der Waals surface area contributed by atoms with Gasteiger partial charge in [-0.05, 0) is 24.3 Å². The molecule has 6 nitrogen and oxygen atoms in total. The molecule has 2 amide bonds. The van der Waals surface area contributed by atoms with Crippen LogP contribution in [0.5, 0.6) is 0 Å². The van der Waals surface area contributed by atoms with Gasteiger partial charge in [-0.3, -0.25) is 0 Å². The molecule has 1 aromatic carbocycles. The number of nitrogens with zero attached hydrogens (tertiary/aromatic N) is 3. The van der Waals surface area contributed by atoms with Crippen LogP contribution < -0.4 is 5.32 Å². The van der Waals surface area contributed by atoms with Gasteiger partial charge in [-0.1, -0.05) is 0 Å². The van der Waals surface area contributed by atoms with Gasteiger partial charge in [-0.2, -0.15) is 0 Å². The van der Waals surface area contributed by atoms with Crippen LogP contribution in [0.25, 0.3) is 11.5 Å². The number of hydrogen-bond donors (Lipinski definition) is 1. The lowest BCUT2D eigenvalue weighted by Crippen LogP contribution is -2.34. The van der Waals surface area contributed by atoms with Crippen LogP contribution in [0, 0.1) is 5.82 Å². The molecule has 2 aromatic rings. The number of aromatic nitrogens is 2. The summed E-state index contributed by atoms with van der Waals surface area (Å²) in [7, 11) is 3.26. The van der Waals surface area contributed by atoms with Crippen molar-refractivity contribution in [2.45, 2.75) is 6.54 Å². The highest BCUT2D eigenvalue weighted by Gasteiger charge is 2.10. The maximum atomic E-state index is 12.8. The third kappa shape index (κ3) is 3.27. The summed E-state index contributed by atoms with van der Waals surface area (Å²) in [5, 5.41) is 10.2. The van der Waals surface area contributed by atoms with E-state index in [1.807, 2.05) is 0 Å². The molecule has 1 aromatic heterocycles. The Kier molecular flexibility index (Phi) is 3.74. The summed E-state index contributed by atoms with van der Waals surface area (Å²) in [4.78, 5) is 12.7. The van der Waals surface area contributed by atoms with Crippen LogP contribution in [-0.2, 0) is 6.54 Å². The third-order valence-electron chi connectivity index (χ3n) is 2.36. The second kappa shape index (κ2) is 5.47. The molecule has 0 aliphatic rings. The lowest BCUT2D eigenvalue weighted by molar-refractivity contribution is 0.216. The van der Waals surface area contributed by atoms with E-state index in [0.29, 0.717) is 5.56 Å². The topological polar surface area (TPSA) is 71.3 Å². The zero-order chi connectivity index (χ0) is 13.8. The average Bonchev–Trinajstić information content (AvgIpc) is 2.85. The third-order valence-corrected chi connectivity index (χ3v) is 2.36. The van der Waals surface area contributed by atoms with Crippen LogP contribution in [0.3, 0.4) is 0 Å². The largest absolute Gasteiger partial charge is 0.419 e. The van der Waals surface area contributed by atoms with Gasteiger partial charge in [0, 0.05) is 19.7 Å². The molecular formula is C12H13FN4O2. The number of hydrogen-bond acceptors (Lipinski definition) is 4. The molecule has 0 bridgehead atoms. The highest BCUT2D eigenvalue weighted by Crippen LogP contribution is 2.17. The maximum absolute atomic E-state index is 12.8. The number of urea groups is 1. The first kappa shape index (κ1) is 13.0. The Morgan fingerprint density at radius 3 is 2.63 bits per heavy atom. The summed E-state index contributed by atoms with van der Waals surface area (Å²) in [6.45, 7) is 0.144. The average molecular weight is 264 g/mol. The summed E-state index contributed by atoms with van der Waals surface area (Å²) in [6.07, 6.45) is 0. The van der Waals surface area contributed by atoms with E-state index in [2.05, 4.69) is 15.5 Å². The fourth-order valence-electron chi connectivity index (χ4n) is 1.34. The van der Waals surface area contributed by atoms with Crippen molar-refractivity contribution in [1.29, 1.82) is 0 Å².